The highest BCUT2D eigenvalue weighted by atomic mass is 16.6. The number of hydrogen-bond donors (Lipinski definition) is 0. The van der Waals surface area contributed by atoms with Gasteiger partial charge in [0.15, 0.2) is 0 Å². The second-order valence-corrected chi connectivity index (χ2v) is 7.78. The number of ether oxygens (including phenoxy) is 1. The van der Waals surface area contributed by atoms with Crippen molar-refractivity contribution < 1.29 is 9.53 Å². The van der Waals surface area contributed by atoms with Crippen molar-refractivity contribution in [1.29, 1.82) is 0 Å². The normalized spacial score (nSPS) is 53.4. The molecule has 0 spiro atoms. The zero-order valence-electron chi connectivity index (χ0n) is 12.0. The minimum atomic E-state index is -0.202. The third kappa shape index (κ3) is 1.46. The molecule has 0 aromatic rings. The van der Waals surface area contributed by atoms with Crippen LogP contribution in [0, 0.1) is 35.5 Å². The SMILES string of the molecule is C=C(C)C(=O)OC1(C)CC2CC1C1C3CCC(C3)C21. The minimum Gasteiger partial charge on any atom is -0.456 e. The van der Waals surface area contributed by atoms with Gasteiger partial charge in [0.25, 0.3) is 0 Å². The fourth-order valence-corrected chi connectivity index (χ4v) is 6.28. The highest BCUT2D eigenvalue weighted by Gasteiger charge is 2.66. The van der Waals surface area contributed by atoms with Crippen LogP contribution in [0.4, 0.5) is 0 Å². The van der Waals surface area contributed by atoms with E-state index in [1.165, 1.54) is 25.7 Å². The van der Waals surface area contributed by atoms with Crippen LogP contribution in [0.5, 0.6) is 0 Å². The van der Waals surface area contributed by atoms with E-state index in [4.69, 9.17) is 4.74 Å². The summed E-state index contributed by atoms with van der Waals surface area (Å²) in [7, 11) is 0. The van der Waals surface area contributed by atoms with Crippen LogP contribution in [0.2, 0.25) is 0 Å². The van der Waals surface area contributed by atoms with Crippen LogP contribution in [0.15, 0.2) is 12.2 Å². The maximum atomic E-state index is 11.9. The van der Waals surface area contributed by atoms with Crippen molar-refractivity contribution in [3.63, 3.8) is 0 Å². The van der Waals surface area contributed by atoms with E-state index >= 15 is 0 Å². The molecule has 0 N–H and O–H groups in total. The molecule has 4 fully saturated rings. The highest BCUT2D eigenvalue weighted by Crippen LogP contribution is 2.70. The summed E-state index contributed by atoms with van der Waals surface area (Å²) in [5, 5.41) is 0. The maximum absolute atomic E-state index is 11.9. The lowest BCUT2D eigenvalue weighted by atomic mass is 9.66. The molecule has 0 saturated heterocycles. The summed E-state index contributed by atoms with van der Waals surface area (Å²) < 4.78 is 5.87. The van der Waals surface area contributed by atoms with Crippen LogP contribution in [0.1, 0.15) is 46.0 Å². The molecular weight excluding hydrogens is 236 g/mol. The molecule has 7 atom stereocenters. The number of fused-ring (bicyclic) bond motifs is 9. The lowest BCUT2D eigenvalue weighted by Gasteiger charge is -2.44. The summed E-state index contributed by atoms with van der Waals surface area (Å²) in [6, 6.07) is 0. The van der Waals surface area contributed by atoms with E-state index in [1.54, 1.807) is 6.92 Å². The van der Waals surface area contributed by atoms with E-state index in [0.717, 1.165) is 36.0 Å². The lowest BCUT2D eigenvalue weighted by Crippen LogP contribution is -2.45. The van der Waals surface area contributed by atoms with Crippen molar-refractivity contribution >= 4 is 5.97 Å². The Labute approximate surface area is 115 Å². The molecule has 2 heteroatoms. The van der Waals surface area contributed by atoms with Gasteiger partial charge in [0.05, 0.1) is 0 Å². The van der Waals surface area contributed by atoms with Crippen molar-refractivity contribution in [3.05, 3.63) is 12.2 Å². The first kappa shape index (κ1) is 12.0. The van der Waals surface area contributed by atoms with E-state index in [1.807, 2.05) is 0 Å². The van der Waals surface area contributed by atoms with Crippen LogP contribution in [-0.2, 0) is 9.53 Å². The standard InChI is InChI=1S/C17H24O2/c1-9(2)16(18)19-17(3)8-12-7-13(17)15-11-5-4-10(6-11)14(12)15/h10-15H,1,4-8H2,2-3H3. The number of hydrogen-bond acceptors (Lipinski definition) is 2. The van der Waals surface area contributed by atoms with Gasteiger partial charge in [-0.05, 0) is 75.5 Å². The van der Waals surface area contributed by atoms with Crippen LogP contribution in [0.3, 0.4) is 0 Å². The Balaban J connectivity index is 1.59. The van der Waals surface area contributed by atoms with Gasteiger partial charge in [-0.2, -0.15) is 0 Å². The zero-order chi connectivity index (χ0) is 13.4. The average Bonchev–Trinajstić information content (AvgIpc) is 3.03. The van der Waals surface area contributed by atoms with E-state index in [2.05, 4.69) is 13.5 Å². The summed E-state index contributed by atoms with van der Waals surface area (Å²) in [6.07, 6.45) is 6.77. The Morgan fingerprint density at radius 2 is 1.84 bits per heavy atom. The van der Waals surface area contributed by atoms with Crippen LogP contribution >= 0.6 is 0 Å². The summed E-state index contributed by atoms with van der Waals surface area (Å²) in [5.41, 5.74) is 0.334. The molecule has 0 aliphatic heterocycles. The minimum absolute atomic E-state index is 0.185. The predicted octanol–water partition coefficient (Wildman–Crippen LogP) is 3.57. The van der Waals surface area contributed by atoms with Gasteiger partial charge in [-0.25, -0.2) is 4.79 Å². The Morgan fingerprint density at radius 1 is 1.16 bits per heavy atom. The first-order valence-corrected chi connectivity index (χ1v) is 7.88. The monoisotopic (exact) mass is 260 g/mol. The molecule has 7 unspecified atom stereocenters. The first-order chi connectivity index (χ1) is 8.99. The fourth-order valence-electron chi connectivity index (χ4n) is 6.28. The molecule has 2 nitrogen and oxygen atoms in total. The smallest absolute Gasteiger partial charge is 0.333 e. The summed E-state index contributed by atoms with van der Waals surface area (Å²) >= 11 is 0. The topological polar surface area (TPSA) is 26.3 Å². The van der Waals surface area contributed by atoms with Crippen LogP contribution in [-0.4, -0.2) is 11.6 Å². The Hall–Kier alpha value is -0.790. The highest BCUT2D eigenvalue weighted by molar-refractivity contribution is 5.87. The molecule has 4 saturated carbocycles. The van der Waals surface area contributed by atoms with Crippen molar-refractivity contribution in [3.8, 4) is 0 Å². The summed E-state index contributed by atoms with van der Waals surface area (Å²) in [5.74, 6) is 5.05. The number of carbonyl (C=O) groups excluding carboxylic acids is 1. The van der Waals surface area contributed by atoms with Crippen molar-refractivity contribution in [2.75, 3.05) is 0 Å². The Morgan fingerprint density at radius 3 is 2.53 bits per heavy atom. The van der Waals surface area contributed by atoms with Gasteiger partial charge in [-0.3, -0.25) is 0 Å². The second-order valence-electron chi connectivity index (χ2n) is 7.78. The molecule has 104 valence electrons. The predicted molar refractivity (Wildman–Crippen MR) is 73.3 cm³/mol. The zero-order valence-corrected chi connectivity index (χ0v) is 12.0. The van der Waals surface area contributed by atoms with Gasteiger partial charge in [-0.15, -0.1) is 0 Å². The van der Waals surface area contributed by atoms with Crippen LogP contribution < -0.4 is 0 Å². The van der Waals surface area contributed by atoms with Gasteiger partial charge in [-0.1, -0.05) is 6.58 Å². The van der Waals surface area contributed by atoms with E-state index in [9.17, 15) is 4.79 Å². The van der Waals surface area contributed by atoms with E-state index in [0.29, 0.717) is 11.5 Å². The van der Waals surface area contributed by atoms with Crippen molar-refractivity contribution in [2.24, 2.45) is 35.5 Å². The first-order valence-electron chi connectivity index (χ1n) is 7.88. The molecular formula is C17H24O2. The average molecular weight is 260 g/mol. The molecule has 4 bridgehead atoms. The van der Waals surface area contributed by atoms with Crippen molar-refractivity contribution in [2.45, 2.75) is 51.6 Å². The molecule has 0 heterocycles. The second kappa shape index (κ2) is 3.65. The third-order valence-electron chi connectivity index (χ3n) is 6.74. The Bertz CT molecular complexity index is 454. The molecule has 0 amide bonds. The van der Waals surface area contributed by atoms with Gasteiger partial charge in [0.1, 0.15) is 5.60 Å². The van der Waals surface area contributed by atoms with E-state index in [-0.39, 0.29) is 11.6 Å². The summed E-state index contributed by atoms with van der Waals surface area (Å²) in [6.45, 7) is 7.65. The third-order valence-corrected chi connectivity index (χ3v) is 6.74. The van der Waals surface area contributed by atoms with E-state index < -0.39 is 0 Å². The molecule has 0 aromatic heterocycles. The lowest BCUT2D eigenvalue weighted by molar-refractivity contribution is -0.163. The van der Waals surface area contributed by atoms with Crippen LogP contribution in [0.25, 0.3) is 0 Å². The molecule has 0 aromatic carbocycles. The van der Waals surface area contributed by atoms with Gasteiger partial charge in [0.2, 0.25) is 0 Å². The quantitative estimate of drug-likeness (QED) is 0.431. The number of esters is 1. The maximum Gasteiger partial charge on any atom is 0.333 e. The summed E-state index contributed by atoms with van der Waals surface area (Å²) in [4.78, 5) is 11.9. The number of rotatable bonds is 2. The van der Waals surface area contributed by atoms with Crippen molar-refractivity contribution in [1.82, 2.24) is 0 Å². The Kier molecular flexibility index (Phi) is 2.30. The molecule has 4 aliphatic rings. The molecule has 19 heavy (non-hydrogen) atoms. The van der Waals surface area contributed by atoms with Gasteiger partial charge >= 0.3 is 5.97 Å². The molecule has 4 rings (SSSR count). The molecule has 0 radical (unpaired) electrons. The number of carbonyl (C=O) groups is 1. The van der Waals surface area contributed by atoms with Gasteiger partial charge < -0.3 is 4.74 Å². The fraction of sp³-hybridized carbons (Fsp3) is 0.824. The molecule has 4 aliphatic carbocycles. The largest absolute Gasteiger partial charge is 0.456 e. The van der Waals surface area contributed by atoms with Gasteiger partial charge in [0, 0.05) is 11.5 Å².